The summed E-state index contributed by atoms with van der Waals surface area (Å²) in [7, 11) is 1.58. The van der Waals surface area contributed by atoms with Crippen molar-refractivity contribution in [1.29, 1.82) is 4.78 Å². The Balaban J connectivity index is 0.00000400. The maximum absolute atomic E-state index is 11.1. The van der Waals surface area contributed by atoms with Gasteiger partial charge in [0, 0.05) is 51.9 Å². The molecular formula is C30H39ClN4OS2. The lowest BCUT2D eigenvalue weighted by Crippen LogP contribution is -2.17. The molecule has 5 nitrogen and oxygen atoms in total. The highest BCUT2D eigenvalue weighted by Crippen LogP contribution is 2.42. The Kier molecular flexibility index (Phi) is 9.17. The standard InChI is InChI=1S/C30H38N4OS2.ClH/c1-29(2,3)24-15-20(16-25(28(24)35)30(4,5)6)26-19-36-27(33-26)18-34(7)22-12-10-21(11-13-22)32-17-23-9-8-14-37(23)31;/h8-16,19,31-32,35H,17-18H2,1-7H3;1H. The van der Waals surface area contributed by atoms with Gasteiger partial charge >= 0.3 is 0 Å². The van der Waals surface area contributed by atoms with Crippen LogP contribution in [-0.4, -0.2) is 23.7 Å². The summed E-state index contributed by atoms with van der Waals surface area (Å²) in [5, 5.41) is 19.6. The van der Waals surface area contributed by atoms with Gasteiger partial charge in [-0.1, -0.05) is 58.3 Å². The molecule has 0 amide bonds. The second kappa shape index (κ2) is 11.6. The van der Waals surface area contributed by atoms with Gasteiger partial charge < -0.3 is 15.3 Å². The van der Waals surface area contributed by atoms with E-state index >= 15 is 0 Å². The summed E-state index contributed by atoms with van der Waals surface area (Å²) < 4.78 is 8.00. The van der Waals surface area contributed by atoms with Crippen LogP contribution in [0.1, 0.15) is 57.7 Å². The third-order valence-electron chi connectivity index (χ3n) is 6.50. The third-order valence-corrected chi connectivity index (χ3v) is 8.61. The predicted octanol–water partition coefficient (Wildman–Crippen LogP) is 8.37. The molecule has 1 aliphatic rings. The van der Waals surface area contributed by atoms with Crippen molar-refractivity contribution >= 4 is 45.8 Å². The summed E-state index contributed by atoms with van der Waals surface area (Å²) in [5.41, 5.74) is 5.74. The highest BCUT2D eigenvalue weighted by atomic mass is 35.5. The summed E-state index contributed by atoms with van der Waals surface area (Å²) in [4.78, 5) is 8.29. The average molecular weight is 571 g/mol. The molecule has 0 radical (unpaired) electrons. The number of rotatable bonds is 7. The number of hydrogen-bond donors (Lipinski definition) is 3. The molecule has 8 heteroatoms. The summed E-state index contributed by atoms with van der Waals surface area (Å²) in [6.07, 6.45) is 3.99. The van der Waals surface area contributed by atoms with E-state index in [9.17, 15) is 5.11 Å². The van der Waals surface area contributed by atoms with Crippen molar-refractivity contribution in [3.63, 3.8) is 0 Å². The Morgan fingerprint density at radius 2 is 1.63 bits per heavy atom. The van der Waals surface area contributed by atoms with Gasteiger partial charge in [-0.3, -0.25) is 4.78 Å². The normalized spacial score (nSPS) is 15.2. The molecule has 0 fully saturated rings. The van der Waals surface area contributed by atoms with E-state index in [1.807, 2.05) is 17.6 Å². The van der Waals surface area contributed by atoms with Crippen molar-refractivity contribution in [2.45, 2.75) is 58.9 Å². The Morgan fingerprint density at radius 3 is 2.16 bits per heavy atom. The van der Waals surface area contributed by atoms with Gasteiger partial charge in [-0.25, -0.2) is 4.98 Å². The summed E-state index contributed by atoms with van der Waals surface area (Å²) in [5.74, 6) is 0.397. The van der Waals surface area contributed by atoms with Gasteiger partial charge in [0.1, 0.15) is 10.8 Å². The number of benzene rings is 2. The lowest BCUT2D eigenvalue weighted by molar-refractivity contribution is 0.423. The average Bonchev–Trinajstić information content (AvgIpc) is 3.45. The number of aromatic nitrogens is 1. The lowest BCUT2D eigenvalue weighted by atomic mass is 9.78. The first-order valence-electron chi connectivity index (χ1n) is 12.5. The molecule has 0 saturated carbocycles. The van der Waals surface area contributed by atoms with E-state index in [2.05, 4.69) is 101 Å². The van der Waals surface area contributed by atoms with Crippen LogP contribution in [0.15, 0.2) is 64.2 Å². The van der Waals surface area contributed by atoms with Crippen molar-refractivity contribution < 1.29 is 5.11 Å². The van der Waals surface area contributed by atoms with Crippen LogP contribution in [0.4, 0.5) is 11.4 Å². The SMILES string of the molecule is CN(Cc1nc(-c2cc(C(C)(C)C)c(O)c(C(C)(C)C)c2)cs1)c1ccc(NCC2=CC=CS2=N)cc1.Cl. The molecule has 1 unspecified atom stereocenters. The van der Waals surface area contributed by atoms with Gasteiger partial charge in [0.25, 0.3) is 0 Å². The molecule has 204 valence electrons. The Bertz CT molecular complexity index is 1330. The molecule has 1 atom stereocenters. The van der Waals surface area contributed by atoms with E-state index < -0.39 is 10.7 Å². The summed E-state index contributed by atoms with van der Waals surface area (Å²) in [6, 6.07) is 12.6. The van der Waals surface area contributed by atoms with Crippen molar-refractivity contribution in [3.05, 3.63) is 80.4 Å². The number of nitrogens with zero attached hydrogens (tertiary/aromatic N) is 2. The zero-order chi connectivity index (χ0) is 27.0. The Morgan fingerprint density at radius 1 is 1.03 bits per heavy atom. The number of anilines is 2. The van der Waals surface area contributed by atoms with E-state index in [1.54, 1.807) is 11.3 Å². The smallest absolute Gasteiger partial charge is 0.123 e. The fourth-order valence-corrected chi connectivity index (χ4v) is 6.00. The molecule has 2 heterocycles. The maximum atomic E-state index is 11.1. The van der Waals surface area contributed by atoms with E-state index in [0.29, 0.717) is 18.8 Å². The molecule has 3 N–H and O–H groups in total. The first-order chi connectivity index (χ1) is 17.3. The zero-order valence-electron chi connectivity index (χ0n) is 23.3. The van der Waals surface area contributed by atoms with Crippen molar-refractivity contribution in [2.75, 3.05) is 23.8 Å². The molecule has 3 aromatic rings. The van der Waals surface area contributed by atoms with Gasteiger partial charge in [-0.05, 0) is 58.7 Å². The minimum absolute atomic E-state index is 0. The third kappa shape index (κ3) is 6.87. The number of phenolic OH excluding ortho intramolecular Hbond substituents is 1. The number of hydrogen-bond acceptors (Lipinski definition) is 6. The fourth-order valence-electron chi connectivity index (χ4n) is 4.28. The lowest BCUT2D eigenvalue weighted by Gasteiger charge is -2.28. The molecule has 38 heavy (non-hydrogen) atoms. The van der Waals surface area contributed by atoms with E-state index in [-0.39, 0.29) is 23.2 Å². The molecule has 0 aliphatic carbocycles. The van der Waals surface area contributed by atoms with Gasteiger partial charge in [0.15, 0.2) is 0 Å². The van der Waals surface area contributed by atoms with Crippen LogP contribution in [0.25, 0.3) is 11.3 Å². The van der Waals surface area contributed by atoms with Crippen LogP contribution in [0.3, 0.4) is 0 Å². The predicted molar refractivity (Wildman–Crippen MR) is 168 cm³/mol. The van der Waals surface area contributed by atoms with Crippen LogP contribution < -0.4 is 10.2 Å². The number of thiazole rings is 1. The van der Waals surface area contributed by atoms with Gasteiger partial charge in [0.05, 0.1) is 12.2 Å². The van der Waals surface area contributed by atoms with Gasteiger partial charge in [-0.15, -0.1) is 23.7 Å². The van der Waals surface area contributed by atoms with E-state index in [0.717, 1.165) is 43.7 Å². The maximum Gasteiger partial charge on any atom is 0.123 e. The quantitative estimate of drug-likeness (QED) is 0.267. The topological polar surface area (TPSA) is 72.2 Å². The van der Waals surface area contributed by atoms with Crippen molar-refractivity contribution in [1.82, 2.24) is 4.98 Å². The number of nitrogens with one attached hydrogen (secondary N) is 2. The first kappa shape index (κ1) is 29.9. The number of allylic oxidation sites excluding steroid dienone is 2. The zero-order valence-corrected chi connectivity index (χ0v) is 25.7. The molecule has 0 saturated heterocycles. The monoisotopic (exact) mass is 570 g/mol. The molecule has 0 spiro atoms. The van der Waals surface area contributed by atoms with E-state index in [1.165, 1.54) is 0 Å². The second-order valence-electron chi connectivity index (χ2n) is 11.6. The van der Waals surface area contributed by atoms with Crippen LogP contribution in [0.5, 0.6) is 5.75 Å². The van der Waals surface area contributed by atoms with Crippen LogP contribution >= 0.6 is 23.7 Å². The minimum Gasteiger partial charge on any atom is -0.507 e. The molecule has 1 aromatic heterocycles. The van der Waals surface area contributed by atoms with Gasteiger partial charge in [-0.2, -0.15) is 0 Å². The summed E-state index contributed by atoms with van der Waals surface area (Å²) in [6.45, 7) is 14.2. The van der Waals surface area contributed by atoms with Gasteiger partial charge in [0.2, 0.25) is 0 Å². The van der Waals surface area contributed by atoms with Crippen LogP contribution in [-0.2, 0) is 28.1 Å². The summed E-state index contributed by atoms with van der Waals surface area (Å²) >= 11 is 1.67. The molecule has 1 aliphatic heterocycles. The number of aromatic hydroxyl groups is 1. The molecule has 2 aromatic carbocycles. The van der Waals surface area contributed by atoms with Crippen molar-refractivity contribution in [2.24, 2.45) is 0 Å². The largest absolute Gasteiger partial charge is 0.507 e. The highest BCUT2D eigenvalue weighted by molar-refractivity contribution is 7.93. The Labute approximate surface area is 240 Å². The molecular weight excluding hydrogens is 532 g/mol. The van der Waals surface area contributed by atoms with E-state index in [4.69, 9.17) is 9.76 Å². The number of halogens is 1. The molecule has 4 rings (SSSR count). The number of phenols is 1. The minimum atomic E-state index is -0.502. The Hall–Kier alpha value is -2.61. The highest BCUT2D eigenvalue weighted by Gasteiger charge is 2.27. The molecule has 0 bridgehead atoms. The van der Waals surface area contributed by atoms with Crippen LogP contribution in [0.2, 0.25) is 0 Å². The first-order valence-corrected chi connectivity index (χ1v) is 14.7. The van der Waals surface area contributed by atoms with Crippen molar-refractivity contribution in [3.8, 4) is 17.0 Å². The fraction of sp³-hybridized carbons (Fsp3) is 0.367. The van der Waals surface area contributed by atoms with Crippen LogP contribution in [0, 0.1) is 4.78 Å². The second-order valence-corrected chi connectivity index (χ2v) is 14.0.